The number of carbonyl (C=O) groups is 2. The molecule has 2 atom stereocenters. The molecule has 1 aliphatic heterocycles. The van der Waals surface area contributed by atoms with Gasteiger partial charge in [0, 0.05) is 36.9 Å². The Morgan fingerprint density at radius 3 is 2.72 bits per heavy atom. The molecule has 0 radical (unpaired) electrons. The van der Waals surface area contributed by atoms with Gasteiger partial charge in [0.25, 0.3) is 5.91 Å². The molecule has 9 heteroatoms. The number of hydrogen-bond acceptors (Lipinski definition) is 6. The summed E-state index contributed by atoms with van der Waals surface area (Å²) in [5.41, 5.74) is 4.34. The summed E-state index contributed by atoms with van der Waals surface area (Å²) < 4.78 is 0. The van der Waals surface area contributed by atoms with E-state index in [0.29, 0.717) is 40.6 Å². The molecule has 36 heavy (non-hydrogen) atoms. The number of amides is 2. The van der Waals surface area contributed by atoms with E-state index in [1.165, 1.54) is 11.1 Å². The summed E-state index contributed by atoms with van der Waals surface area (Å²) in [6, 6.07) is 12.5. The van der Waals surface area contributed by atoms with Gasteiger partial charge in [0.1, 0.15) is 12.4 Å². The predicted molar refractivity (Wildman–Crippen MR) is 136 cm³/mol. The lowest BCUT2D eigenvalue weighted by molar-refractivity contribution is -0.122. The minimum atomic E-state index is -0.549. The van der Waals surface area contributed by atoms with Crippen molar-refractivity contribution in [1.29, 1.82) is 0 Å². The summed E-state index contributed by atoms with van der Waals surface area (Å²) >= 11 is 6.37. The smallest absolute Gasteiger partial charge is 0.254 e. The number of aliphatic hydroxyl groups excluding tert-OH is 2. The van der Waals surface area contributed by atoms with E-state index in [0.717, 1.165) is 16.7 Å². The minimum absolute atomic E-state index is 0.0108. The van der Waals surface area contributed by atoms with Crippen molar-refractivity contribution in [2.24, 2.45) is 5.92 Å². The molecule has 1 aliphatic rings. The van der Waals surface area contributed by atoms with E-state index in [-0.39, 0.29) is 37.5 Å². The number of fused-ring (bicyclic) bond motifs is 1. The molecule has 188 valence electrons. The van der Waals surface area contributed by atoms with Crippen LogP contribution in [0.25, 0.3) is 11.3 Å². The van der Waals surface area contributed by atoms with Gasteiger partial charge >= 0.3 is 0 Å². The van der Waals surface area contributed by atoms with Gasteiger partial charge in [-0.2, -0.15) is 0 Å². The quantitative estimate of drug-likeness (QED) is 0.409. The lowest BCUT2D eigenvalue weighted by Gasteiger charge is -2.20. The molecule has 1 aromatic heterocycles. The summed E-state index contributed by atoms with van der Waals surface area (Å²) in [5, 5.41) is 22.3. The largest absolute Gasteiger partial charge is 0.396 e. The number of nitrogens with one attached hydrogen (secondary N) is 1. The van der Waals surface area contributed by atoms with Crippen LogP contribution in [-0.2, 0) is 17.8 Å². The van der Waals surface area contributed by atoms with Crippen LogP contribution in [0, 0.1) is 12.8 Å². The highest BCUT2D eigenvalue weighted by Gasteiger charge is 2.30. The van der Waals surface area contributed by atoms with Crippen LogP contribution in [0.2, 0.25) is 5.02 Å². The van der Waals surface area contributed by atoms with Crippen LogP contribution in [0.3, 0.4) is 0 Å². The fourth-order valence-electron chi connectivity index (χ4n) is 4.25. The molecule has 2 heterocycles. The number of aromatic nitrogens is 2. The van der Waals surface area contributed by atoms with Crippen LogP contribution in [-0.4, -0.2) is 56.7 Å². The van der Waals surface area contributed by atoms with E-state index in [1.807, 2.05) is 50.2 Å². The fourth-order valence-corrected chi connectivity index (χ4v) is 4.45. The molecular formula is C27H29ClN4O4. The number of halogens is 1. The van der Waals surface area contributed by atoms with Crippen LogP contribution in [0.1, 0.15) is 45.8 Å². The van der Waals surface area contributed by atoms with Crippen LogP contribution < -0.4 is 5.32 Å². The number of rotatable bonds is 9. The van der Waals surface area contributed by atoms with Crippen LogP contribution in [0.4, 0.5) is 0 Å². The third-order valence-corrected chi connectivity index (χ3v) is 6.47. The maximum atomic E-state index is 13.1. The zero-order valence-corrected chi connectivity index (χ0v) is 21.0. The summed E-state index contributed by atoms with van der Waals surface area (Å²) in [6.45, 7) is 3.82. The molecule has 3 N–H and O–H groups in total. The number of aliphatic hydroxyl groups is 2. The van der Waals surface area contributed by atoms with Crippen molar-refractivity contribution in [2.75, 3.05) is 19.8 Å². The Labute approximate surface area is 215 Å². The average Bonchev–Trinajstić information content (AvgIpc) is 3.17. The molecular weight excluding hydrogens is 480 g/mol. The van der Waals surface area contributed by atoms with Crippen molar-refractivity contribution in [3.8, 4) is 11.3 Å². The molecule has 3 aromatic rings. The normalized spacial score (nSPS) is 14.5. The number of carbonyl (C=O) groups excluding carboxylic acids is 2. The molecule has 0 unspecified atom stereocenters. The third-order valence-electron chi connectivity index (χ3n) is 6.20. The maximum Gasteiger partial charge on any atom is 0.254 e. The Kier molecular flexibility index (Phi) is 7.98. The standard InChI is InChI=1S/C27H29ClN4O4/c1-16-4-3-5-18(8-16)23(15-34)30-25(35)13-32-12-20-7-6-19(10-21(20)27(32)36)26-22(28)11-29-24(31-26)9-17(2)14-33/h3-8,10-11,17,23,33-34H,9,12-15H2,1-2H3,(H,30,35)/t17-,23-/m1/s1. The van der Waals surface area contributed by atoms with Crippen molar-refractivity contribution in [3.05, 3.63) is 81.8 Å². The summed E-state index contributed by atoms with van der Waals surface area (Å²) in [7, 11) is 0. The molecule has 0 spiro atoms. The van der Waals surface area contributed by atoms with E-state index < -0.39 is 6.04 Å². The van der Waals surface area contributed by atoms with E-state index >= 15 is 0 Å². The predicted octanol–water partition coefficient (Wildman–Crippen LogP) is 3.08. The van der Waals surface area contributed by atoms with E-state index in [2.05, 4.69) is 15.3 Å². The first-order chi connectivity index (χ1) is 17.3. The average molecular weight is 509 g/mol. The molecule has 2 aromatic carbocycles. The van der Waals surface area contributed by atoms with Gasteiger partial charge in [-0.3, -0.25) is 9.59 Å². The molecule has 0 fully saturated rings. The Hall–Kier alpha value is -3.33. The van der Waals surface area contributed by atoms with Crippen LogP contribution in [0.5, 0.6) is 0 Å². The molecule has 2 amide bonds. The lowest BCUT2D eigenvalue weighted by atomic mass is 10.0. The molecule has 0 aliphatic carbocycles. The van der Waals surface area contributed by atoms with Gasteiger partial charge in [0.2, 0.25) is 5.91 Å². The van der Waals surface area contributed by atoms with Crippen molar-refractivity contribution < 1.29 is 19.8 Å². The second kappa shape index (κ2) is 11.2. The fraction of sp³-hybridized carbons (Fsp3) is 0.333. The zero-order valence-electron chi connectivity index (χ0n) is 20.2. The highest BCUT2D eigenvalue weighted by atomic mass is 35.5. The lowest BCUT2D eigenvalue weighted by Crippen LogP contribution is -2.40. The monoisotopic (exact) mass is 508 g/mol. The summed E-state index contributed by atoms with van der Waals surface area (Å²) in [6.07, 6.45) is 2.03. The first-order valence-corrected chi connectivity index (χ1v) is 12.2. The number of aryl methyl sites for hydroxylation is 1. The van der Waals surface area contributed by atoms with Gasteiger partial charge in [0.05, 0.1) is 23.4 Å². The molecule has 0 bridgehead atoms. The summed E-state index contributed by atoms with van der Waals surface area (Å²) in [5.74, 6) is -0.0272. The SMILES string of the molecule is Cc1cccc([C@@H](CO)NC(=O)CN2Cc3ccc(-c4nc(C[C@@H](C)CO)ncc4Cl)cc3C2=O)c1. The third kappa shape index (κ3) is 5.73. The Balaban J connectivity index is 1.48. The Bertz CT molecular complexity index is 1280. The Morgan fingerprint density at radius 1 is 1.19 bits per heavy atom. The van der Waals surface area contributed by atoms with Crippen molar-refractivity contribution in [2.45, 2.75) is 32.9 Å². The Morgan fingerprint density at radius 2 is 2.00 bits per heavy atom. The molecule has 0 saturated heterocycles. The van der Waals surface area contributed by atoms with E-state index in [1.54, 1.807) is 6.07 Å². The van der Waals surface area contributed by atoms with Gasteiger partial charge < -0.3 is 20.4 Å². The highest BCUT2D eigenvalue weighted by Crippen LogP contribution is 2.31. The second-order valence-electron chi connectivity index (χ2n) is 9.22. The first kappa shape index (κ1) is 25.8. The van der Waals surface area contributed by atoms with E-state index in [9.17, 15) is 19.8 Å². The van der Waals surface area contributed by atoms with E-state index in [4.69, 9.17) is 11.6 Å². The van der Waals surface area contributed by atoms with Gasteiger partial charge in [-0.1, -0.05) is 60.5 Å². The maximum absolute atomic E-state index is 13.1. The van der Waals surface area contributed by atoms with Gasteiger partial charge in [0.15, 0.2) is 0 Å². The number of nitrogens with zero attached hydrogens (tertiary/aromatic N) is 3. The van der Waals surface area contributed by atoms with Crippen molar-refractivity contribution in [1.82, 2.24) is 20.2 Å². The van der Waals surface area contributed by atoms with Crippen molar-refractivity contribution >= 4 is 23.4 Å². The first-order valence-electron chi connectivity index (χ1n) is 11.8. The molecule has 8 nitrogen and oxygen atoms in total. The second-order valence-corrected chi connectivity index (χ2v) is 9.63. The topological polar surface area (TPSA) is 116 Å². The number of hydrogen-bond donors (Lipinski definition) is 3. The molecule has 4 rings (SSSR count). The van der Waals surface area contributed by atoms with Gasteiger partial charge in [-0.05, 0) is 30.0 Å². The highest BCUT2D eigenvalue weighted by molar-refractivity contribution is 6.32. The zero-order chi connectivity index (χ0) is 25.8. The number of benzene rings is 2. The summed E-state index contributed by atoms with van der Waals surface area (Å²) in [4.78, 5) is 36.1. The minimum Gasteiger partial charge on any atom is -0.396 e. The van der Waals surface area contributed by atoms with Crippen LogP contribution >= 0.6 is 11.6 Å². The van der Waals surface area contributed by atoms with Gasteiger partial charge in [-0.15, -0.1) is 0 Å². The van der Waals surface area contributed by atoms with Crippen molar-refractivity contribution in [3.63, 3.8) is 0 Å². The van der Waals surface area contributed by atoms with Crippen LogP contribution in [0.15, 0.2) is 48.7 Å². The van der Waals surface area contributed by atoms with Gasteiger partial charge in [-0.25, -0.2) is 9.97 Å². The molecule has 0 saturated carbocycles.